The number of carbonyl (C=O) groups is 2. The van der Waals surface area contributed by atoms with Gasteiger partial charge in [-0.3, -0.25) is 14.2 Å². The number of anilines is 1. The van der Waals surface area contributed by atoms with E-state index in [1.807, 2.05) is 12.1 Å². The number of nitrogens with zero attached hydrogens (tertiary/aromatic N) is 2. The lowest BCUT2D eigenvalue weighted by molar-refractivity contribution is -0.138. The molecule has 2 heterocycles. The fraction of sp³-hybridized carbons (Fsp3) is 0.231. The van der Waals surface area contributed by atoms with Crippen molar-refractivity contribution in [3.8, 4) is 11.5 Å². The van der Waals surface area contributed by atoms with Gasteiger partial charge in [0.2, 0.25) is 0 Å². The molecule has 1 aromatic heterocycles. The van der Waals surface area contributed by atoms with E-state index in [1.165, 1.54) is 23.0 Å². The molecule has 0 fully saturated rings. The molecule has 0 bridgehead atoms. The molecule has 11 heteroatoms. The third-order valence-electron chi connectivity index (χ3n) is 5.40. The van der Waals surface area contributed by atoms with Gasteiger partial charge in [0.15, 0.2) is 22.9 Å². The van der Waals surface area contributed by atoms with Gasteiger partial charge in [0.25, 0.3) is 11.5 Å². The molecule has 9 nitrogen and oxygen atoms in total. The average Bonchev–Trinajstić information content (AvgIpc) is 3.17. The minimum Gasteiger partial charge on any atom is -0.493 e. The van der Waals surface area contributed by atoms with Gasteiger partial charge in [-0.15, -0.1) is 0 Å². The molecular weight excluding hydrogens is 562 g/mol. The molecule has 3 aromatic rings. The highest BCUT2D eigenvalue weighted by molar-refractivity contribution is 9.10. The SMILES string of the molecule is CCOC(=O)C1=C(C)N=c2s/c(=C\c3ccc(OCC(=O)Nc4ccc(Br)cc4)c(OC)c3)c(=O)n2C1. The number of allylic oxidation sites excluding steroid dienone is 1. The van der Waals surface area contributed by atoms with Crippen LogP contribution in [0, 0.1) is 0 Å². The molecule has 0 unspecified atom stereocenters. The molecule has 0 saturated carbocycles. The summed E-state index contributed by atoms with van der Waals surface area (Å²) in [4.78, 5) is 42.5. The Morgan fingerprint density at radius 3 is 2.65 bits per heavy atom. The normalized spacial score (nSPS) is 13.0. The van der Waals surface area contributed by atoms with Crippen molar-refractivity contribution in [3.63, 3.8) is 0 Å². The number of rotatable bonds is 8. The number of halogens is 1. The smallest absolute Gasteiger partial charge is 0.337 e. The molecule has 1 aliphatic rings. The average molecular weight is 586 g/mol. The Hall–Kier alpha value is -3.70. The van der Waals surface area contributed by atoms with Crippen LogP contribution >= 0.6 is 27.3 Å². The standard InChI is InChI=1S/C26H24BrN3O6S/c1-4-35-25(33)19-13-30-24(32)22(37-26(30)28-15(19)2)12-16-5-10-20(21(11-16)34-3)36-14-23(31)29-18-8-6-17(27)7-9-18/h5-12H,4,13-14H2,1-3H3,(H,29,31)/b22-12-. The zero-order chi connectivity index (χ0) is 26.5. The minimum atomic E-state index is -0.469. The van der Waals surface area contributed by atoms with Crippen LogP contribution in [0.3, 0.4) is 0 Å². The van der Waals surface area contributed by atoms with Gasteiger partial charge in [-0.05, 0) is 61.9 Å². The molecule has 0 atom stereocenters. The maximum atomic E-state index is 13.0. The van der Waals surface area contributed by atoms with Crippen LogP contribution in [-0.4, -0.2) is 36.8 Å². The summed E-state index contributed by atoms with van der Waals surface area (Å²) >= 11 is 4.59. The van der Waals surface area contributed by atoms with Gasteiger partial charge in [0.1, 0.15) is 0 Å². The van der Waals surface area contributed by atoms with Crippen molar-refractivity contribution < 1.29 is 23.8 Å². The number of aromatic nitrogens is 1. The van der Waals surface area contributed by atoms with E-state index in [0.29, 0.717) is 43.4 Å². The van der Waals surface area contributed by atoms with E-state index in [2.05, 4.69) is 26.2 Å². The third-order valence-corrected chi connectivity index (χ3v) is 6.93. The first-order valence-corrected chi connectivity index (χ1v) is 12.9. The van der Waals surface area contributed by atoms with Crippen LogP contribution in [0.25, 0.3) is 6.08 Å². The molecule has 2 aromatic carbocycles. The second-order valence-corrected chi connectivity index (χ2v) is 9.86. The molecule has 192 valence electrons. The molecule has 0 radical (unpaired) electrons. The van der Waals surface area contributed by atoms with Gasteiger partial charge in [0, 0.05) is 10.2 Å². The first kappa shape index (κ1) is 26.4. The number of nitrogens with one attached hydrogen (secondary N) is 1. The number of hydrogen-bond acceptors (Lipinski definition) is 8. The van der Waals surface area contributed by atoms with Crippen LogP contribution < -0.4 is 29.7 Å². The van der Waals surface area contributed by atoms with E-state index in [-0.39, 0.29) is 31.2 Å². The zero-order valence-corrected chi connectivity index (χ0v) is 22.8. The molecule has 1 aliphatic heterocycles. The van der Waals surface area contributed by atoms with Crippen molar-refractivity contribution in [2.75, 3.05) is 25.6 Å². The number of benzene rings is 2. The number of fused-ring (bicyclic) bond motifs is 1. The second kappa shape index (κ2) is 11.6. The predicted molar refractivity (Wildman–Crippen MR) is 144 cm³/mol. The molecule has 4 rings (SSSR count). The highest BCUT2D eigenvalue weighted by Gasteiger charge is 2.21. The molecule has 0 spiro atoms. The van der Waals surface area contributed by atoms with Crippen LogP contribution in [0.4, 0.5) is 5.69 Å². The lowest BCUT2D eigenvalue weighted by Crippen LogP contribution is -2.35. The fourth-order valence-electron chi connectivity index (χ4n) is 3.56. The molecule has 37 heavy (non-hydrogen) atoms. The van der Waals surface area contributed by atoms with Gasteiger partial charge in [-0.1, -0.05) is 33.3 Å². The number of ether oxygens (including phenoxy) is 3. The topological polar surface area (TPSA) is 108 Å². The maximum Gasteiger partial charge on any atom is 0.337 e. The van der Waals surface area contributed by atoms with Gasteiger partial charge in [0.05, 0.1) is 36.1 Å². The summed E-state index contributed by atoms with van der Waals surface area (Å²) in [5.74, 6) is 0.0241. The maximum absolute atomic E-state index is 13.0. The Morgan fingerprint density at radius 1 is 1.19 bits per heavy atom. The van der Waals surface area contributed by atoms with Gasteiger partial charge >= 0.3 is 5.97 Å². The van der Waals surface area contributed by atoms with Crippen molar-refractivity contribution >= 4 is 50.9 Å². The largest absolute Gasteiger partial charge is 0.493 e. The Balaban J connectivity index is 1.51. The lowest BCUT2D eigenvalue weighted by atomic mass is 10.2. The van der Waals surface area contributed by atoms with Crippen LogP contribution in [-0.2, 0) is 20.9 Å². The van der Waals surface area contributed by atoms with E-state index >= 15 is 0 Å². The summed E-state index contributed by atoms with van der Waals surface area (Å²) < 4.78 is 19.0. The number of amides is 1. The number of hydrogen-bond donors (Lipinski definition) is 1. The van der Waals surface area contributed by atoms with Gasteiger partial charge in [-0.2, -0.15) is 0 Å². The van der Waals surface area contributed by atoms with Gasteiger partial charge < -0.3 is 19.5 Å². The van der Waals surface area contributed by atoms with Crippen LogP contribution in [0.2, 0.25) is 0 Å². The Bertz CT molecular complexity index is 1560. The summed E-state index contributed by atoms with van der Waals surface area (Å²) in [5, 5.41) is 2.76. The van der Waals surface area contributed by atoms with Crippen LogP contribution in [0.1, 0.15) is 19.4 Å². The van der Waals surface area contributed by atoms with Crippen molar-refractivity contribution in [1.82, 2.24) is 4.57 Å². The summed E-state index contributed by atoms with van der Waals surface area (Å²) in [7, 11) is 1.50. The van der Waals surface area contributed by atoms with E-state index in [9.17, 15) is 14.4 Å². The van der Waals surface area contributed by atoms with E-state index in [4.69, 9.17) is 14.2 Å². The summed E-state index contributed by atoms with van der Waals surface area (Å²) in [6, 6.07) is 12.4. The Labute approximate surface area is 224 Å². The summed E-state index contributed by atoms with van der Waals surface area (Å²) in [6.45, 7) is 3.62. The van der Waals surface area contributed by atoms with E-state index < -0.39 is 5.97 Å². The van der Waals surface area contributed by atoms with Crippen molar-refractivity contribution in [2.45, 2.75) is 20.4 Å². The van der Waals surface area contributed by atoms with Crippen LogP contribution in [0.15, 0.2) is 68.0 Å². The molecule has 0 saturated heterocycles. The predicted octanol–water partition coefficient (Wildman–Crippen LogP) is 3.00. The van der Waals surface area contributed by atoms with E-state index in [0.717, 1.165) is 4.47 Å². The molecule has 1 amide bonds. The summed E-state index contributed by atoms with van der Waals surface area (Å²) in [6.07, 6.45) is 1.72. The molecular formula is C26H24BrN3O6S. The number of esters is 1. The first-order chi connectivity index (χ1) is 17.8. The molecule has 1 N–H and O–H groups in total. The number of methoxy groups -OCH3 is 1. The fourth-order valence-corrected chi connectivity index (χ4v) is 4.86. The summed E-state index contributed by atoms with van der Waals surface area (Å²) in [5.41, 5.74) is 2.02. The van der Waals surface area contributed by atoms with Gasteiger partial charge in [-0.25, -0.2) is 9.79 Å². The van der Waals surface area contributed by atoms with E-state index in [1.54, 1.807) is 50.3 Å². The zero-order valence-electron chi connectivity index (χ0n) is 20.4. The van der Waals surface area contributed by atoms with Crippen molar-refractivity contribution in [1.29, 1.82) is 0 Å². The van der Waals surface area contributed by atoms with Crippen LogP contribution in [0.5, 0.6) is 11.5 Å². The third kappa shape index (κ3) is 6.17. The second-order valence-electron chi connectivity index (χ2n) is 7.93. The monoisotopic (exact) mass is 585 g/mol. The quantitative estimate of drug-likeness (QED) is 0.407. The highest BCUT2D eigenvalue weighted by Crippen LogP contribution is 2.28. The Morgan fingerprint density at radius 2 is 1.95 bits per heavy atom. The number of carbonyl (C=O) groups excluding carboxylic acids is 2. The molecule has 0 aliphatic carbocycles. The Kier molecular flexibility index (Phi) is 8.24. The van der Waals surface area contributed by atoms with Crippen molar-refractivity contribution in [2.24, 2.45) is 4.99 Å². The van der Waals surface area contributed by atoms with Crippen molar-refractivity contribution in [3.05, 3.63) is 83.5 Å². The highest BCUT2D eigenvalue weighted by atomic mass is 79.9. The number of thiazole rings is 1. The first-order valence-electron chi connectivity index (χ1n) is 11.3. The minimum absolute atomic E-state index is 0.116. The lowest BCUT2D eigenvalue weighted by Gasteiger charge is -2.12.